The molecule has 0 bridgehead atoms. The van der Waals surface area contributed by atoms with Gasteiger partial charge in [0.2, 0.25) is 0 Å². The lowest BCUT2D eigenvalue weighted by Gasteiger charge is -2.42. The molecule has 4 heteroatoms. The molecule has 1 aromatic carbocycles. The van der Waals surface area contributed by atoms with Crippen molar-refractivity contribution in [2.75, 3.05) is 27.4 Å². The quantitative estimate of drug-likeness (QED) is 0.901. The highest BCUT2D eigenvalue weighted by atomic mass is 35.5. The number of nitrogens with one attached hydrogen (secondary N) is 1. The third kappa shape index (κ3) is 3.48. The maximum Gasteiger partial charge on any atom is 0.0877 e. The van der Waals surface area contributed by atoms with E-state index < -0.39 is 0 Å². The molecule has 19 heavy (non-hydrogen) atoms. The first-order valence-corrected chi connectivity index (χ1v) is 7.12. The predicted molar refractivity (Wildman–Crippen MR) is 77.8 cm³/mol. The van der Waals surface area contributed by atoms with Gasteiger partial charge < -0.3 is 14.8 Å². The van der Waals surface area contributed by atoms with E-state index in [0.717, 1.165) is 37.5 Å². The molecule has 0 saturated carbocycles. The van der Waals surface area contributed by atoms with Crippen LogP contribution < -0.4 is 5.32 Å². The maximum absolute atomic E-state index is 5.93. The third-order valence-corrected chi connectivity index (χ3v) is 4.33. The highest BCUT2D eigenvalue weighted by molar-refractivity contribution is 6.30. The Morgan fingerprint density at radius 1 is 1.32 bits per heavy atom. The summed E-state index contributed by atoms with van der Waals surface area (Å²) in [5.74, 6) is 0. The molecule has 2 rings (SSSR count). The summed E-state index contributed by atoms with van der Waals surface area (Å²) in [6.45, 7) is 1.54. The molecular formula is C15H22ClNO2. The Labute approximate surface area is 120 Å². The lowest BCUT2D eigenvalue weighted by atomic mass is 9.82. The average Bonchev–Trinajstić information content (AvgIpc) is 2.47. The third-order valence-electron chi connectivity index (χ3n) is 4.08. The lowest BCUT2D eigenvalue weighted by Crippen LogP contribution is -2.55. The summed E-state index contributed by atoms with van der Waals surface area (Å²) < 4.78 is 11.3. The van der Waals surface area contributed by atoms with E-state index in [9.17, 15) is 0 Å². The van der Waals surface area contributed by atoms with Gasteiger partial charge in [-0.1, -0.05) is 23.7 Å². The van der Waals surface area contributed by atoms with Gasteiger partial charge in [0.25, 0.3) is 0 Å². The summed E-state index contributed by atoms with van der Waals surface area (Å²) >= 11 is 5.93. The molecule has 106 valence electrons. The molecular weight excluding hydrogens is 262 g/mol. The SMILES string of the molecule is CNC(Cc1ccc(Cl)cc1)C1(OC)CCOCC1. The van der Waals surface area contributed by atoms with Gasteiger partial charge in [0.1, 0.15) is 0 Å². The standard InChI is InChI=1S/C15H22ClNO2/c1-17-14(11-12-3-5-13(16)6-4-12)15(18-2)7-9-19-10-8-15/h3-6,14,17H,7-11H2,1-2H3. The Bertz CT molecular complexity index is 388. The summed E-state index contributed by atoms with van der Waals surface area (Å²) in [6.07, 6.45) is 2.80. The number of ether oxygens (including phenoxy) is 2. The van der Waals surface area contributed by atoms with Crippen LogP contribution in [-0.4, -0.2) is 39.0 Å². The summed E-state index contributed by atoms with van der Waals surface area (Å²) in [4.78, 5) is 0. The summed E-state index contributed by atoms with van der Waals surface area (Å²) in [5.41, 5.74) is 1.14. The number of likely N-dealkylation sites (N-methyl/N-ethyl adjacent to an activating group) is 1. The Balaban J connectivity index is 2.11. The van der Waals surface area contributed by atoms with Gasteiger partial charge in [0, 0.05) is 44.2 Å². The van der Waals surface area contributed by atoms with Crippen LogP contribution in [0, 0.1) is 0 Å². The molecule has 1 atom stereocenters. The van der Waals surface area contributed by atoms with Crippen molar-refractivity contribution in [2.24, 2.45) is 0 Å². The lowest BCUT2D eigenvalue weighted by molar-refractivity contribution is -0.109. The van der Waals surface area contributed by atoms with Gasteiger partial charge in [-0.25, -0.2) is 0 Å². The number of benzene rings is 1. The smallest absolute Gasteiger partial charge is 0.0877 e. The Morgan fingerprint density at radius 2 is 1.95 bits per heavy atom. The zero-order chi connectivity index (χ0) is 13.7. The molecule has 0 aromatic heterocycles. The van der Waals surface area contributed by atoms with Gasteiger partial charge in [-0.2, -0.15) is 0 Å². The Morgan fingerprint density at radius 3 is 2.47 bits per heavy atom. The minimum absolute atomic E-state index is 0.132. The van der Waals surface area contributed by atoms with E-state index in [1.807, 2.05) is 19.2 Å². The van der Waals surface area contributed by atoms with Crippen molar-refractivity contribution in [3.8, 4) is 0 Å². The molecule has 0 amide bonds. The molecule has 1 aromatic rings. The summed E-state index contributed by atoms with van der Waals surface area (Å²) in [6, 6.07) is 8.31. The minimum atomic E-state index is -0.132. The van der Waals surface area contributed by atoms with Crippen LogP contribution in [0.3, 0.4) is 0 Å². The molecule has 3 nitrogen and oxygen atoms in total. The number of halogens is 1. The zero-order valence-corrected chi connectivity index (χ0v) is 12.4. The van der Waals surface area contributed by atoms with E-state index in [-0.39, 0.29) is 11.6 Å². The molecule has 1 saturated heterocycles. The van der Waals surface area contributed by atoms with Crippen LogP contribution in [0.4, 0.5) is 0 Å². The second-order valence-electron chi connectivity index (χ2n) is 5.05. The molecule has 0 spiro atoms. The highest BCUT2D eigenvalue weighted by Gasteiger charge is 2.39. The van der Waals surface area contributed by atoms with Crippen LogP contribution >= 0.6 is 11.6 Å². The molecule has 1 aliphatic rings. The highest BCUT2D eigenvalue weighted by Crippen LogP contribution is 2.30. The van der Waals surface area contributed by atoms with Crippen molar-refractivity contribution < 1.29 is 9.47 Å². The molecule has 0 radical (unpaired) electrons. The predicted octanol–water partition coefficient (Wildman–Crippen LogP) is 2.67. The van der Waals surface area contributed by atoms with Crippen LogP contribution in [0.2, 0.25) is 5.02 Å². The van der Waals surface area contributed by atoms with E-state index in [1.54, 1.807) is 7.11 Å². The molecule has 1 fully saturated rings. The second kappa shape index (κ2) is 6.71. The average molecular weight is 284 g/mol. The van der Waals surface area contributed by atoms with Crippen LogP contribution in [0.5, 0.6) is 0 Å². The van der Waals surface area contributed by atoms with Gasteiger partial charge in [0.05, 0.1) is 5.60 Å². The summed E-state index contributed by atoms with van der Waals surface area (Å²) in [7, 11) is 3.80. The molecule has 1 unspecified atom stereocenters. The fourth-order valence-electron chi connectivity index (χ4n) is 2.82. The second-order valence-corrected chi connectivity index (χ2v) is 5.49. The van der Waals surface area contributed by atoms with Crippen molar-refractivity contribution in [1.82, 2.24) is 5.32 Å². The Hall–Kier alpha value is -0.610. The fourth-order valence-corrected chi connectivity index (χ4v) is 2.95. The number of rotatable bonds is 5. The molecule has 1 N–H and O–H groups in total. The first-order chi connectivity index (χ1) is 9.20. The van der Waals surface area contributed by atoms with Crippen LogP contribution in [0.25, 0.3) is 0 Å². The largest absolute Gasteiger partial charge is 0.381 e. The van der Waals surface area contributed by atoms with Crippen LogP contribution in [-0.2, 0) is 15.9 Å². The zero-order valence-electron chi connectivity index (χ0n) is 11.6. The van der Waals surface area contributed by atoms with Crippen molar-refractivity contribution in [3.05, 3.63) is 34.9 Å². The normalized spacial score (nSPS) is 20.2. The first-order valence-electron chi connectivity index (χ1n) is 6.75. The van der Waals surface area contributed by atoms with Crippen LogP contribution in [0.15, 0.2) is 24.3 Å². The first kappa shape index (κ1) is 14.8. The minimum Gasteiger partial charge on any atom is -0.381 e. The number of methoxy groups -OCH3 is 1. The van der Waals surface area contributed by atoms with Crippen molar-refractivity contribution in [2.45, 2.75) is 30.9 Å². The molecule has 0 aliphatic carbocycles. The Kier molecular flexibility index (Phi) is 5.22. The van der Waals surface area contributed by atoms with E-state index in [1.165, 1.54) is 5.56 Å². The molecule has 1 heterocycles. The maximum atomic E-state index is 5.93. The van der Waals surface area contributed by atoms with Crippen molar-refractivity contribution >= 4 is 11.6 Å². The van der Waals surface area contributed by atoms with Gasteiger partial charge in [0.15, 0.2) is 0 Å². The van der Waals surface area contributed by atoms with E-state index in [0.29, 0.717) is 0 Å². The monoisotopic (exact) mass is 283 g/mol. The van der Waals surface area contributed by atoms with E-state index in [4.69, 9.17) is 21.1 Å². The van der Waals surface area contributed by atoms with Crippen molar-refractivity contribution in [1.29, 1.82) is 0 Å². The van der Waals surface area contributed by atoms with Gasteiger partial charge in [-0.3, -0.25) is 0 Å². The number of hydrogen-bond acceptors (Lipinski definition) is 3. The fraction of sp³-hybridized carbons (Fsp3) is 0.600. The van der Waals surface area contributed by atoms with E-state index >= 15 is 0 Å². The van der Waals surface area contributed by atoms with Crippen molar-refractivity contribution in [3.63, 3.8) is 0 Å². The van der Waals surface area contributed by atoms with Gasteiger partial charge >= 0.3 is 0 Å². The topological polar surface area (TPSA) is 30.5 Å². The summed E-state index contributed by atoms with van der Waals surface area (Å²) in [5, 5.41) is 4.19. The van der Waals surface area contributed by atoms with Crippen LogP contribution in [0.1, 0.15) is 18.4 Å². The van der Waals surface area contributed by atoms with E-state index in [2.05, 4.69) is 17.4 Å². The van der Waals surface area contributed by atoms with Gasteiger partial charge in [-0.15, -0.1) is 0 Å². The molecule has 1 aliphatic heterocycles. The van der Waals surface area contributed by atoms with Gasteiger partial charge in [-0.05, 0) is 31.2 Å². The number of hydrogen-bond donors (Lipinski definition) is 1.